The van der Waals surface area contributed by atoms with E-state index >= 15 is 0 Å². The molecule has 18 heavy (non-hydrogen) atoms. The molecule has 0 unspecified atom stereocenters. The van der Waals surface area contributed by atoms with Crippen molar-refractivity contribution in [2.75, 3.05) is 0 Å². The zero-order chi connectivity index (χ0) is 12.7. The summed E-state index contributed by atoms with van der Waals surface area (Å²) in [5, 5.41) is 0.914. The van der Waals surface area contributed by atoms with Crippen molar-refractivity contribution in [3.05, 3.63) is 56.9 Å². The van der Waals surface area contributed by atoms with Gasteiger partial charge < -0.3 is 9.40 Å². The van der Waals surface area contributed by atoms with Crippen LogP contribution in [0.2, 0.25) is 0 Å². The number of aromatic nitrogens is 2. The molecule has 0 atom stereocenters. The second-order valence-electron chi connectivity index (χ2n) is 4.06. The number of para-hydroxylation sites is 1. The standard InChI is InChI=1S/C13H10N2O3/c1-7-11(12(16)15-13(17)14-7)10-6-8-4-2-3-5-9(8)18-10/h2-6H,1H3,(H2,14,15,16,17). The number of hydrogen-bond donors (Lipinski definition) is 2. The lowest BCUT2D eigenvalue weighted by molar-refractivity contribution is 0.628. The van der Waals surface area contributed by atoms with Crippen LogP contribution in [-0.4, -0.2) is 9.97 Å². The maximum Gasteiger partial charge on any atom is 0.325 e. The molecule has 90 valence electrons. The molecule has 0 spiro atoms. The van der Waals surface area contributed by atoms with Gasteiger partial charge in [0.25, 0.3) is 5.56 Å². The summed E-state index contributed by atoms with van der Waals surface area (Å²) in [5.41, 5.74) is 0.582. The highest BCUT2D eigenvalue weighted by molar-refractivity contribution is 5.82. The fourth-order valence-electron chi connectivity index (χ4n) is 2.00. The third-order valence-electron chi connectivity index (χ3n) is 2.80. The number of nitrogens with one attached hydrogen (secondary N) is 2. The zero-order valence-electron chi connectivity index (χ0n) is 9.61. The Morgan fingerprint density at radius 1 is 1.11 bits per heavy atom. The van der Waals surface area contributed by atoms with E-state index in [-0.39, 0.29) is 0 Å². The average molecular weight is 242 g/mol. The average Bonchev–Trinajstić information content (AvgIpc) is 2.70. The molecule has 2 heterocycles. The van der Waals surface area contributed by atoms with Crippen molar-refractivity contribution in [1.29, 1.82) is 0 Å². The minimum atomic E-state index is -0.516. The van der Waals surface area contributed by atoms with Gasteiger partial charge in [0.05, 0.1) is 0 Å². The summed E-state index contributed by atoms with van der Waals surface area (Å²) in [6, 6.07) is 9.27. The number of fused-ring (bicyclic) bond motifs is 1. The molecule has 5 nitrogen and oxygen atoms in total. The van der Waals surface area contributed by atoms with E-state index in [1.165, 1.54) is 0 Å². The molecule has 0 aliphatic carbocycles. The largest absolute Gasteiger partial charge is 0.456 e. The number of rotatable bonds is 1. The second kappa shape index (κ2) is 3.73. The Balaban J connectivity index is 2.33. The predicted octanol–water partition coefficient (Wildman–Crippen LogP) is 1.78. The van der Waals surface area contributed by atoms with E-state index in [9.17, 15) is 9.59 Å². The van der Waals surface area contributed by atoms with Crippen LogP contribution in [0.15, 0.2) is 44.3 Å². The smallest absolute Gasteiger partial charge is 0.325 e. The van der Waals surface area contributed by atoms with E-state index in [4.69, 9.17) is 4.42 Å². The third kappa shape index (κ3) is 1.57. The quantitative estimate of drug-likeness (QED) is 0.682. The normalized spacial score (nSPS) is 10.9. The van der Waals surface area contributed by atoms with Gasteiger partial charge >= 0.3 is 5.69 Å². The van der Waals surface area contributed by atoms with Crippen LogP contribution in [-0.2, 0) is 0 Å². The molecule has 0 saturated heterocycles. The monoisotopic (exact) mass is 242 g/mol. The summed E-state index contributed by atoms with van der Waals surface area (Å²) >= 11 is 0. The summed E-state index contributed by atoms with van der Waals surface area (Å²) in [5.74, 6) is 0.450. The van der Waals surface area contributed by atoms with Crippen LogP contribution in [0.5, 0.6) is 0 Å². The van der Waals surface area contributed by atoms with Crippen LogP contribution < -0.4 is 11.2 Å². The minimum absolute atomic E-state index is 0.353. The molecule has 0 amide bonds. The van der Waals surface area contributed by atoms with Crippen molar-refractivity contribution in [2.45, 2.75) is 6.92 Å². The summed E-state index contributed by atoms with van der Waals surface area (Å²) in [6.07, 6.45) is 0. The molecule has 0 aliphatic rings. The van der Waals surface area contributed by atoms with Crippen molar-refractivity contribution < 1.29 is 4.42 Å². The first kappa shape index (κ1) is 10.6. The van der Waals surface area contributed by atoms with Gasteiger partial charge in [0, 0.05) is 11.1 Å². The van der Waals surface area contributed by atoms with Gasteiger partial charge in [-0.3, -0.25) is 9.78 Å². The van der Waals surface area contributed by atoms with Gasteiger partial charge in [0.2, 0.25) is 0 Å². The summed E-state index contributed by atoms with van der Waals surface area (Å²) in [6.45, 7) is 1.67. The molecule has 0 bridgehead atoms. The molecule has 0 radical (unpaired) electrons. The summed E-state index contributed by atoms with van der Waals surface area (Å²) in [4.78, 5) is 27.7. The third-order valence-corrected chi connectivity index (χ3v) is 2.80. The van der Waals surface area contributed by atoms with Crippen LogP contribution in [0, 0.1) is 6.92 Å². The number of hydrogen-bond acceptors (Lipinski definition) is 3. The van der Waals surface area contributed by atoms with E-state index in [0.29, 0.717) is 22.6 Å². The summed E-state index contributed by atoms with van der Waals surface area (Å²) in [7, 11) is 0. The van der Waals surface area contributed by atoms with E-state index in [0.717, 1.165) is 5.39 Å². The van der Waals surface area contributed by atoms with E-state index in [1.807, 2.05) is 24.3 Å². The first-order chi connectivity index (χ1) is 8.65. The van der Waals surface area contributed by atoms with Crippen LogP contribution >= 0.6 is 0 Å². The van der Waals surface area contributed by atoms with Crippen molar-refractivity contribution in [2.24, 2.45) is 0 Å². The van der Waals surface area contributed by atoms with Crippen molar-refractivity contribution in [1.82, 2.24) is 9.97 Å². The first-order valence-corrected chi connectivity index (χ1v) is 5.47. The van der Waals surface area contributed by atoms with Gasteiger partial charge in [-0.2, -0.15) is 0 Å². The van der Waals surface area contributed by atoms with Gasteiger partial charge in [-0.1, -0.05) is 18.2 Å². The van der Waals surface area contributed by atoms with Crippen molar-refractivity contribution >= 4 is 11.0 Å². The Labute approximate surface area is 101 Å². The minimum Gasteiger partial charge on any atom is -0.456 e. The Kier molecular flexibility index (Phi) is 2.19. The van der Waals surface area contributed by atoms with Crippen molar-refractivity contribution in [3.63, 3.8) is 0 Å². The molecule has 2 N–H and O–H groups in total. The van der Waals surface area contributed by atoms with Gasteiger partial charge in [-0.25, -0.2) is 4.79 Å². The van der Waals surface area contributed by atoms with E-state index in [2.05, 4.69) is 9.97 Å². The predicted molar refractivity (Wildman–Crippen MR) is 67.6 cm³/mol. The highest BCUT2D eigenvalue weighted by Crippen LogP contribution is 2.26. The molecule has 3 aromatic rings. The maximum absolute atomic E-state index is 11.8. The number of benzene rings is 1. The Hall–Kier alpha value is -2.56. The fraction of sp³-hybridized carbons (Fsp3) is 0.0769. The van der Waals surface area contributed by atoms with E-state index in [1.54, 1.807) is 13.0 Å². The Morgan fingerprint density at radius 3 is 2.61 bits per heavy atom. The lowest BCUT2D eigenvalue weighted by Gasteiger charge is -1.99. The molecule has 5 heteroatoms. The van der Waals surface area contributed by atoms with Gasteiger partial charge in [-0.15, -0.1) is 0 Å². The fourth-order valence-corrected chi connectivity index (χ4v) is 2.00. The molecule has 0 saturated carbocycles. The summed E-state index contributed by atoms with van der Waals surface area (Å²) < 4.78 is 5.61. The van der Waals surface area contributed by atoms with Crippen LogP contribution in [0.4, 0.5) is 0 Å². The van der Waals surface area contributed by atoms with Crippen LogP contribution in [0.25, 0.3) is 22.3 Å². The molecule has 0 aliphatic heterocycles. The molecule has 2 aromatic heterocycles. The Bertz CT molecular complexity index is 806. The molecule has 3 rings (SSSR count). The number of H-pyrrole nitrogens is 2. The zero-order valence-corrected chi connectivity index (χ0v) is 9.61. The highest BCUT2D eigenvalue weighted by Gasteiger charge is 2.13. The SMILES string of the molecule is Cc1[nH]c(=O)[nH]c(=O)c1-c1cc2ccccc2o1. The number of furan rings is 1. The molecule has 1 aromatic carbocycles. The maximum atomic E-state index is 11.8. The lowest BCUT2D eigenvalue weighted by atomic mass is 10.1. The van der Waals surface area contributed by atoms with Gasteiger partial charge in [0.1, 0.15) is 16.9 Å². The molecular weight excluding hydrogens is 232 g/mol. The molecular formula is C13H10N2O3. The highest BCUT2D eigenvalue weighted by atomic mass is 16.3. The van der Waals surface area contributed by atoms with Gasteiger partial charge in [-0.05, 0) is 19.1 Å². The van der Waals surface area contributed by atoms with E-state index < -0.39 is 11.2 Å². The second-order valence-corrected chi connectivity index (χ2v) is 4.06. The van der Waals surface area contributed by atoms with Crippen LogP contribution in [0.3, 0.4) is 0 Å². The number of aryl methyl sites for hydroxylation is 1. The Morgan fingerprint density at radius 2 is 1.89 bits per heavy atom. The van der Waals surface area contributed by atoms with Gasteiger partial charge in [0.15, 0.2) is 0 Å². The lowest BCUT2D eigenvalue weighted by Crippen LogP contribution is -2.24. The molecule has 0 fully saturated rings. The van der Waals surface area contributed by atoms with Crippen LogP contribution in [0.1, 0.15) is 5.69 Å². The topological polar surface area (TPSA) is 78.9 Å². The van der Waals surface area contributed by atoms with Crippen molar-refractivity contribution in [3.8, 4) is 11.3 Å². The first-order valence-electron chi connectivity index (χ1n) is 5.47. The number of aromatic amines is 2.